The van der Waals surface area contributed by atoms with Crippen LogP contribution in [0.4, 0.5) is 0 Å². The fraction of sp³-hybridized carbons (Fsp3) is 0.895. The van der Waals surface area contributed by atoms with Crippen LogP contribution < -0.4 is 5.32 Å². The van der Waals surface area contributed by atoms with Crippen molar-refractivity contribution < 1.29 is 14.3 Å². The fourth-order valence-corrected chi connectivity index (χ4v) is 2.05. The highest BCUT2D eigenvalue weighted by Gasteiger charge is 2.19. The molecule has 0 bridgehead atoms. The highest BCUT2D eigenvalue weighted by atomic mass is 16.5. The maximum atomic E-state index is 11.7. The van der Waals surface area contributed by atoms with Gasteiger partial charge in [0.25, 0.3) is 0 Å². The van der Waals surface area contributed by atoms with E-state index in [1.54, 1.807) is 0 Å². The number of Topliss-reactive ketones (excluding diaryl/α,β-unsaturated/α-hetero) is 1. The van der Waals surface area contributed by atoms with Gasteiger partial charge in [-0.05, 0) is 19.3 Å². The first-order chi connectivity index (χ1) is 10.8. The number of hydrogen-bond donors (Lipinski definition) is 1. The molecule has 0 saturated carbocycles. The van der Waals surface area contributed by atoms with Crippen molar-refractivity contribution in [2.75, 3.05) is 19.8 Å². The summed E-state index contributed by atoms with van der Waals surface area (Å²) in [4.78, 5) is 23.2. The minimum absolute atomic E-state index is 0.119. The van der Waals surface area contributed by atoms with E-state index in [0.717, 1.165) is 38.6 Å². The third kappa shape index (κ3) is 12.2. The molecule has 1 amide bonds. The van der Waals surface area contributed by atoms with Crippen LogP contribution in [0.1, 0.15) is 79.6 Å². The first-order valence-electron chi connectivity index (χ1n) is 9.17. The van der Waals surface area contributed by atoms with Crippen LogP contribution in [-0.2, 0) is 14.3 Å². The summed E-state index contributed by atoms with van der Waals surface area (Å²) in [6, 6.07) is 0. The molecule has 0 spiro atoms. The summed E-state index contributed by atoms with van der Waals surface area (Å²) < 4.78 is 5.42. The molecule has 0 aromatic rings. The van der Waals surface area contributed by atoms with Crippen LogP contribution in [0.25, 0.3) is 0 Å². The van der Waals surface area contributed by atoms with E-state index in [2.05, 4.69) is 5.32 Å². The summed E-state index contributed by atoms with van der Waals surface area (Å²) in [5.74, 6) is 0.458. The molecule has 0 aliphatic rings. The molecule has 0 aromatic carbocycles. The lowest BCUT2D eigenvalue weighted by atomic mass is 9.96. The van der Waals surface area contributed by atoms with E-state index in [-0.39, 0.29) is 29.6 Å². The van der Waals surface area contributed by atoms with Crippen LogP contribution in [0.15, 0.2) is 0 Å². The molecule has 0 aromatic heterocycles. The van der Waals surface area contributed by atoms with Gasteiger partial charge in [-0.3, -0.25) is 9.59 Å². The molecule has 0 saturated heterocycles. The van der Waals surface area contributed by atoms with Crippen LogP contribution >= 0.6 is 0 Å². The van der Waals surface area contributed by atoms with E-state index in [1.165, 1.54) is 12.8 Å². The summed E-state index contributed by atoms with van der Waals surface area (Å²) in [5.41, 5.74) is -0.295. The zero-order valence-electron chi connectivity index (χ0n) is 15.9. The van der Waals surface area contributed by atoms with E-state index in [4.69, 9.17) is 4.74 Å². The topological polar surface area (TPSA) is 55.4 Å². The van der Waals surface area contributed by atoms with Crippen molar-refractivity contribution in [3.63, 3.8) is 0 Å². The summed E-state index contributed by atoms with van der Waals surface area (Å²) in [5, 5.41) is 2.97. The van der Waals surface area contributed by atoms with Crippen LogP contribution in [0.2, 0.25) is 0 Å². The minimum Gasteiger partial charge on any atom is -0.374 e. The first-order valence-corrected chi connectivity index (χ1v) is 9.17. The summed E-state index contributed by atoms with van der Waals surface area (Å²) >= 11 is 0. The van der Waals surface area contributed by atoms with E-state index in [0.29, 0.717) is 6.61 Å². The Bertz CT molecular complexity index is 334. The molecule has 0 heterocycles. The zero-order chi connectivity index (χ0) is 17.7. The van der Waals surface area contributed by atoms with Gasteiger partial charge in [0.05, 0.1) is 0 Å². The van der Waals surface area contributed by atoms with Gasteiger partial charge in [-0.15, -0.1) is 0 Å². The second kappa shape index (κ2) is 12.5. The number of ether oxygens (including phenoxy) is 1. The normalized spacial score (nSPS) is 12.9. The number of unbranched alkanes of at least 4 members (excludes halogenated alkanes) is 5. The van der Waals surface area contributed by atoms with Crippen molar-refractivity contribution in [3.05, 3.63) is 0 Å². The Morgan fingerprint density at radius 3 is 2.13 bits per heavy atom. The maximum Gasteiger partial charge on any atom is 0.225 e. The Morgan fingerprint density at radius 2 is 1.57 bits per heavy atom. The smallest absolute Gasteiger partial charge is 0.225 e. The number of nitrogens with one attached hydrogen (secondary N) is 1. The summed E-state index contributed by atoms with van der Waals surface area (Å²) in [6.45, 7) is 11.5. The lowest BCUT2D eigenvalue weighted by Crippen LogP contribution is -2.35. The van der Waals surface area contributed by atoms with Gasteiger partial charge in [0.15, 0.2) is 5.78 Å². The third-order valence-corrected chi connectivity index (χ3v) is 4.09. The standard InChI is InChI=1S/C19H37NO3/c1-6-16(2)17(21)15-23-14-12-10-8-7-9-11-13-20-18(22)19(3,4)5/h16H,6-15H2,1-5H3,(H,20,22). The SMILES string of the molecule is CCC(C)C(=O)COCCCCCCCCNC(=O)C(C)(C)C. The predicted octanol–water partition coefficient (Wildman–Crippen LogP) is 4.12. The van der Waals surface area contributed by atoms with Crippen molar-refractivity contribution >= 4 is 11.7 Å². The van der Waals surface area contributed by atoms with Gasteiger partial charge in [0, 0.05) is 24.5 Å². The second-order valence-electron chi connectivity index (χ2n) is 7.46. The van der Waals surface area contributed by atoms with E-state index in [1.807, 2.05) is 34.6 Å². The molecule has 23 heavy (non-hydrogen) atoms. The summed E-state index contributed by atoms with van der Waals surface area (Å²) in [6.07, 6.45) is 7.63. The van der Waals surface area contributed by atoms with Crippen LogP contribution in [0.5, 0.6) is 0 Å². The molecule has 1 N–H and O–H groups in total. The number of carbonyl (C=O) groups is 2. The Hall–Kier alpha value is -0.900. The van der Waals surface area contributed by atoms with Crippen LogP contribution in [0, 0.1) is 11.3 Å². The van der Waals surface area contributed by atoms with Gasteiger partial charge in [0.2, 0.25) is 5.91 Å². The molecular weight excluding hydrogens is 290 g/mol. The molecule has 0 aliphatic carbocycles. The first kappa shape index (κ1) is 22.1. The van der Waals surface area contributed by atoms with Crippen LogP contribution in [0.3, 0.4) is 0 Å². The number of amides is 1. The fourth-order valence-electron chi connectivity index (χ4n) is 2.05. The minimum atomic E-state index is -0.295. The Kier molecular flexibility index (Phi) is 12.0. The molecule has 4 heteroatoms. The average Bonchev–Trinajstić information content (AvgIpc) is 2.50. The van der Waals surface area contributed by atoms with Gasteiger partial charge < -0.3 is 10.1 Å². The maximum absolute atomic E-state index is 11.7. The van der Waals surface area contributed by atoms with Gasteiger partial charge in [-0.1, -0.05) is 60.3 Å². The number of rotatable bonds is 13. The van der Waals surface area contributed by atoms with Gasteiger partial charge >= 0.3 is 0 Å². The van der Waals surface area contributed by atoms with Gasteiger partial charge in [0.1, 0.15) is 6.61 Å². The Morgan fingerprint density at radius 1 is 1.00 bits per heavy atom. The highest BCUT2D eigenvalue weighted by molar-refractivity contribution is 5.81. The van der Waals surface area contributed by atoms with E-state index < -0.39 is 0 Å². The van der Waals surface area contributed by atoms with Crippen molar-refractivity contribution in [1.82, 2.24) is 5.32 Å². The molecule has 4 nitrogen and oxygen atoms in total. The molecule has 1 unspecified atom stereocenters. The van der Waals surface area contributed by atoms with E-state index >= 15 is 0 Å². The van der Waals surface area contributed by atoms with Gasteiger partial charge in [-0.2, -0.15) is 0 Å². The molecule has 0 rings (SSSR count). The van der Waals surface area contributed by atoms with Crippen molar-refractivity contribution in [3.8, 4) is 0 Å². The second-order valence-corrected chi connectivity index (χ2v) is 7.46. The van der Waals surface area contributed by atoms with Crippen molar-refractivity contribution in [2.24, 2.45) is 11.3 Å². The lowest BCUT2D eigenvalue weighted by molar-refractivity contribution is -0.128. The molecule has 0 aliphatic heterocycles. The number of ketones is 1. The zero-order valence-corrected chi connectivity index (χ0v) is 15.9. The third-order valence-electron chi connectivity index (χ3n) is 4.09. The highest BCUT2D eigenvalue weighted by Crippen LogP contribution is 2.12. The molecule has 0 fully saturated rings. The number of carbonyl (C=O) groups excluding carboxylic acids is 2. The Balaban J connectivity index is 3.32. The van der Waals surface area contributed by atoms with Gasteiger partial charge in [-0.25, -0.2) is 0 Å². The lowest BCUT2D eigenvalue weighted by Gasteiger charge is -2.17. The van der Waals surface area contributed by atoms with Crippen molar-refractivity contribution in [2.45, 2.75) is 79.6 Å². The van der Waals surface area contributed by atoms with Crippen molar-refractivity contribution in [1.29, 1.82) is 0 Å². The molecule has 1 atom stereocenters. The predicted molar refractivity (Wildman–Crippen MR) is 95.4 cm³/mol. The quantitative estimate of drug-likeness (QED) is 0.518. The summed E-state index contributed by atoms with van der Waals surface area (Å²) in [7, 11) is 0. The largest absolute Gasteiger partial charge is 0.374 e. The van der Waals surface area contributed by atoms with E-state index in [9.17, 15) is 9.59 Å². The monoisotopic (exact) mass is 327 g/mol. The number of hydrogen-bond acceptors (Lipinski definition) is 3. The Labute approximate surface area is 142 Å². The average molecular weight is 328 g/mol. The van der Waals surface area contributed by atoms with Crippen LogP contribution in [-0.4, -0.2) is 31.4 Å². The molecule has 0 radical (unpaired) electrons. The molecular formula is C19H37NO3. The molecule has 136 valence electrons.